The predicted octanol–water partition coefficient (Wildman–Crippen LogP) is 3.89. The average Bonchev–Trinajstić information content (AvgIpc) is 2.86. The molecule has 1 heterocycles. The molecule has 0 saturated carbocycles. The molecular formula is C20H23F2NO2. The summed E-state index contributed by atoms with van der Waals surface area (Å²) in [6.07, 6.45) is -0.440. The monoisotopic (exact) mass is 347 g/mol. The molecule has 0 aliphatic carbocycles. The lowest BCUT2D eigenvalue weighted by Crippen LogP contribution is -2.33. The third-order valence-electron chi connectivity index (χ3n) is 4.56. The number of benzene rings is 2. The zero-order chi connectivity index (χ0) is 18.2. The van der Waals surface area contributed by atoms with Gasteiger partial charge in [0, 0.05) is 24.6 Å². The van der Waals surface area contributed by atoms with Gasteiger partial charge in [-0.3, -0.25) is 0 Å². The van der Waals surface area contributed by atoms with Crippen molar-refractivity contribution in [3.8, 4) is 5.75 Å². The molecule has 134 valence electrons. The minimum absolute atomic E-state index is 0.236. The molecule has 1 aliphatic rings. The first-order chi connectivity index (χ1) is 11.8. The molecule has 2 unspecified atom stereocenters. The Morgan fingerprint density at radius 2 is 1.80 bits per heavy atom. The standard InChI is InChI=1S/C20H23F2NO2/c1-12(18(24)17-15(21)8-5-9-16(17)22)23-11-14-7-4-6-13-10-20(2,3)25-19(13)14/h4-9,12,18,23-24H,10-11H2,1-3H3. The molecule has 0 saturated heterocycles. The quantitative estimate of drug-likeness (QED) is 0.862. The topological polar surface area (TPSA) is 41.5 Å². The van der Waals surface area contributed by atoms with Crippen molar-refractivity contribution in [1.82, 2.24) is 5.32 Å². The van der Waals surface area contributed by atoms with Crippen LogP contribution in [0.3, 0.4) is 0 Å². The van der Waals surface area contributed by atoms with Gasteiger partial charge in [0.25, 0.3) is 0 Å². The van der Waals surface area contributed by atoms with Gasteiger partial charge in [-0.05, 0) is 38.5 Å². The summed E-state index contributed by atoms with van der Waals surface area (Å²) in [5.74, 6) is -0.627. The molecule has 3 rings (SSSR count). The van der Waals surface area contributed by atoms with Gasteiger partial charge < -0.3 is 15.2 Å². The number of aliphatic hydroxyl groups is 1. The van der Waals surface area contributed by atoms with Crippen LogP contribution in [0.5, 0.6) is 5.75 Å². The Morgan fingerprint density at radius 3 is 2.48 bits per heavy atom. The van der Waals surface area contributed by atoms with Crippen molar-refractivity contribution in [2.45, 2.75) is 51.5 Å². The highest BCUT2D eigenvalue weighted by atomic mass is 19.1. The van der Waals surface area contributed by atoms with Crippen molar-refractivity contribution in [2.75, 3.05) is 0 Å². The highest BCUT2D eigenvalue weighted by Crippen LogP contribution is 2.37. The van der Waals surface area contributed by atoms with E-state index >= 15 is 0 Å². The van der Waals surface area contributed by atoms with Crippen molar-refractivity contribution >= 4 is 0 Å². The fourth-order valence-corrected chi connectivity index (χ4v) is 3.24. The Balaban J connectivity index is 1.72. The van der Waals surface area contributed by atoms with Crippen molar-refractivity contribution in [2.24, 2.45) is 0 Å². The molecule has 2 atom stereocenters. The molecule has 0 fully saturated rings. The van der Waals surface area contributed by atoms with Crippen molar-refractivity contribution in [3.63, 3.8) is 0 Å². The maximum Gasteiger partial charge on any atom is 0.132 e. The van der Waals surface area contributed by atoms with Gasteiger partial charge in [0.05, 0.1) is 11.7 Å². The summed E-state index contributed by atoms with van der Waals surface area (Å²) in [5, 5.41) is 13.5. The van der Waals surface area contributed by atoms with Gasteiger partial charge in [-0.2, -0.15) is 0 Å². The molecule has 0 radical (unpaired) electrons. The summed E-state index contributed by atoms with van der Waals surface area (Å²) >= 11 is 0. The summed E-state index contributed by atoms with van der Waals surface area (Å²) in [7, 11) is 0. The zero-order valence-corrected chi connectivity index (χ0v) is 14.6. The van der Waals surface area contributed by atoms with E-state index in [-0.39, 0.29) is 11.2 Å². The number of para-hydroxylation sites is 1. The Kier molecular flexibility index (Phi) is 4.80. The number of rotatable bonds is 5. The van der Waals surface area contributed by atoms with Crippen LogP contribution in [0, 0.1) is 11.6 Å². The third kappa shape index (κ3) is 3.67. The van der Waals surface area contributed by atoms with Gasteiger partial charge in [-0.25, -0.2) is 8.78 Å². The van der Waals surface area contributed by atoms with Crippen LogP contribution in [0.25, 0.3) is 0 Å². The largest absolute Gasteiger partial charge is 0.487 e. The lowest BCUT2D eigenvalue weighted by Gasteiger charge is -2.23. The summed E-state index contributed by atoms with van der Waals surface area (Å²) in [6, 6.07) is 9.01. The van der Waals surface area contributed by atoms with Crippen LogP contribution in [0.15, 0.2) is 36.4 Å². The maximum absolute atomic E-state index is 13.8. The van der Waals surface area contributed by atoms with Gasteiger partial charge in [-0.1, -0.05) is 24.3 Å². The number of aliphatic hydroxyl groups excluding tert-OH is 1. The van der Waals surface area contributed by atoms with E-state index in [0.29, 0.717) is 6.54 Å². The fraction of sp³-hybridized carbons (Fsp3) is 0.400. The van der Waals surface area contributed by atoms with E-state index < -0.39 is 23.8 Å². The molecular weight excluding hydrogens is 324 g/mol. The molecule has 0 aromatic heterocycles. The van der Waals surface area contributed by atoms with Crippen LogP contribution in [0.4, 0.5) is 8.78 Å². The van der Waals surface area contributed by atoms with Crippen LogP contribution >= 0.6 is 0 Å². The van der Waals surface area contributed by atoms with Crippen molar-refractivity contribution < 1.29 is 18.6 Å². The molecule has 2 N–H and O–H groups in total. The number of halogens is 2. The summed E-state index contributed by atoms with van der Waals surface area (Å²) in [4.78, 5) is 0. The normalized spacial score (nSPS) is 17.7. The lowest BCUT2D eigenvalue weighted by atomic mass is 10.00. The first kappa shape index (κ1) is 17.8. The molecule has 0 spiro atoms. The van der Waals surface area contributed by atoms with Crippen LogP contribution in [0.2, 0.25) is 0 Å². The number of ether oxygens (including phenoxy) is 1. The predicted molar refractivity (Wildman–Crippen MR) is 92.5 cm³/mol. The van der Waals surface area contributed by atoms with Gasteiger partial charge >= 0.3 is 0 Å². The Hall–Kier alpha value is -1.98. The van der Waals surface area contributed by atoms with Gasteiger partial charge in [0.15, 0.2) is 0 Å². The van der Waals surface area contributed by atoms with E-state index in [0.717, 1.165) is 35.4 Å². The maximum atomic E-state index is 13.8. The summed E-state index contributed by atoms with van der Waals surface area (Å²) < 4.78 is 33.7. The molecule has 3 nitrogen and oxygen atoms in total. The summed E-state index contributed by atoms with van der Waals surface area (Å²) in [6.45, 7) is 6.22. The smallest absolute Gasteiger partial charge is 0.132 e. The van der Waals surface area contributed by atoms with Gasteiger partial charge in [0.1, 0.15) is 23.0 Å². The highest BCUT2D eigenvalue weighted by Gasteiger charge is 2.31. The van der Waals surface area contributed by atoms with Crippen LogP contribution in [-0.2, 0) is 13.0 Å². The van der Waals surface area contributed by atoms with Crippen molar-refractivity contribution in [1.29, 1.82) is 0 Å². The number of hydrogen-bond acceptors (Lipinski definition) is 3. The summed E-state index contributed by atoms with van der Waals surface area (Å²) in [5.41, 5.74) is 1.58. The minimum Gasteiger partial charge on any atom is -0.487 e. The first-order valence-corrected chi connectivity index (χ1v) is 8.43. The second-order valence-electron chi connectivity index (χ2n) is 7.19. The Bertz CT molecular complexity index is 756. The number of nitrogens with one attached hydrogen (secondary N) is 1. The van der Waals surface area contributed by atoms with E-state index in [9.17, 15) is 13.9 Å². The van der Waals surface area contributed by atoms with E-state index in [1.54, 1.807) is 6.92 Å². The first-order valence-electron chi connectivity index (χ1n) is 8.43. The van der Waals surface area contributed by atoms with E-state index in [2.05, 4.69) is 5.32 Å². The Morgan fingerprint density at radius 1 is 1.16 bits per heavy atom. The van der Waals surface area contributed by atoms with Gasteiger partial charge in [-0.15, -0.1) is 0 Å². The van der Waals surface area contributed by atoms with E-state index in [1.807, 2.05) is 32.0 Å². The molecule has 25 heavy (non-hydrogen) atoms. The molecule has 0 bridgehead atoms. The number of hydrogen-bond donors (Lipinski definition) is 2. The van der Waals surface area contributed by atoms with Crippen LogP contribution in [0.1, 0.15) is 43.6 Å². The molecule has 5 heteroatoms. The van der Waals surface area contributed by atoms with Gasteiger partial charge in [0.2, 0.25) is 0 Å². The SMILES string of the molecule is CC(NCc1cccc2c1OC(C)(C)C2)C(O)c1c(F)cccc1F. The van der Waals surface area contributed by atoms with Crippen molar-refractivity contribution in [3.05, 3.63) is 64.7 Å². The molecule has 2 aromatic carbocycles. The van der Waals surface area contributed by atoms with E-state index in [4.69, 9.17) is 4.74 Å². The fourth-order valence-electron chi connectivity index (χ4n) is 3.24. The lowest BCUT2D eigenvalue weighted by molar-refractivity contribution is 0.124. The van der Waals surface area contributed by atoms with Crippen LogP contribution < -0.4 is 10.1 Å². The second-order valence-corrected chi connectivity index (χ2v) is 7.19. The molecule has 0 amide bonds. The molecule has 2 aromatic rings. The second kappa shape index (κ2) is 6.73. The minimum atomic E-state index is -1.28. The van der Waals surface area contributed by atoms with E-state index in [1.165, 1.54) is 6.07 Å². The molecule has 1 aliphatic heterocycles. The zero-order valence-electron chi connectivity index (χ0n) is 14.6. The average molecular weight is 347 g/mol. The van der Waals surface area contributed by atoms with Crippen LogP contribution in [-0.4, -0.2) is 16.7 Å². The Labute approximate surface area is 146 Å². The number of fused-ring (bicyclic) bond motifs is 1. The third-order valence-corrected chi connectivity index (χ3v) is 4.56. The highest BCUT2D eigenvalue weighted by molar-refractivity contribution is 5.45.